The highest BCUT2D eigenvalue weighted by molar-refractivity contribution is 5.05. The monoisotopic (exact) mass is 238 g/mol. The van der Waals surface area contributed by atoms with Gasteiger partial charge in [-0.2, -0.15) is 0 Å². The summed E-state index contributed by atoms with van der Waals surface area (Å²) < 4.78 is 12.8. The van der Waals surface area contributed by atoms with Crippen molar-refractivity contribution in [1.29, 1.82) is 0 Å². The average molecular weight is 238 g/mol. The van der Waals surface area contributed by atoms with Crippen LogP contribution in [0.15, 0.2) is 18.3 Å². The fraction of sp³-hybridized carbons (Fsp3) is 0.615. The summed E-state index contributed by atoms with van der Waals surface area (Å²) in [5.74, 6) is -0.292. The van der Waals surface area contributed by atoms with Gasteiger partial charge in [-0.1, -0.05) is 6.42 Å². The number of pyridine rings is 1. The molecule has 2 heterocycles. The maximum Gasteiger partial charge on any atom is 0.141 e. The van der Waals surface area contributed by atoms with Crippen LogP contribution >= 0.6 is 0 Å². The second-order valence-corrected chi connectivity index (χ2v) is 4.60. The smallest absolute Gasteiger partial charge is 0.141 e. The van der Waals surface area contributed by atoms with Gasteiger partial charge in [0.25, 0.3) is 0 Å². The molecule has 1 aromatic rings. The molecule has 1 saturated heterocycles. The van der Waals surface area contributed by atoms with Crippen LogP contribution in [0, 0.1) is 5.82 Å². The summed E-state index contributed by atoms with van der Waals surface area (Å²) in [6, 6.07) is 3.63. The largest absolute Gasteiger partial charge is 0.396 e. The lowest BCUT2D eigenvalue weighted by atomic mass is 9.99. The quantitative estimate of drug-likeness (QED) is 0.871. The summed E-state index contributed by atoms with van der Waals surface area (Å²) in [7, 11) is 0. The van der Waals surface area contributed by atoms with Crippen molar-refractivity contribution >= 4 is 0 Å². The van der Waals surface area contributed by atoms with Gasteiger partial charge in [-0.25, -0.2) is 4.39 Å². The summed E-state index contributed by atoms with van der Waals surface area (Å²) in [6.45, 7) is 2.03. The molecule has 4 heteroatoms. The molecule has 1 N–H and O–H groups in total. The zero-order valence-corrected chi connectivity index (χ0v) is 9.98. The molecule has 94 valence electrons. The molecule has 0 aromatic carbocycles. The van der Waals surface area contributed by atoms with Crippen LogP contribution in [0.4, 0.5) is 4.39 Å². The number of likely N-dealkylation sites (tertiary alicyclic amines) is 1. The zero-order chi connectivity index (χ0) is 12.1. The Balaban J connectivity index is 1.97. The number of aliphatic hydroxyl groups excluding tert-OH is 1. The van der Waals surface area contributed by atoms with Crippen molar-refractivity contribution in [3.63, 3.8) is 0 Å². The first-order chi connectivity index (χ1) is 8.29. The van der Waals surface area contributed by atoms with Gasteiger partial charge in [0.05, 0.1) is 11.9 Å². The lowest BCUT2D eigenvalue weighted by Crippen LogP contribution is -2.39. The summed E-state index contributed by atoms with van der Waals surface area (Å²) >= 11 is 0. The first-order valence-electron chi connectivity index (χ1n) is 6.25. The Hall–Kier alpha value is -1.00. The molecule has 1 aliphatic rings. The maximum absolute atomic E-state index is 12.8. The van der Waals surface area contributed by atoms with E-state index < -0.39 is 0 Å². The molecule has 3 nitrogen and oxygen atoms in total. The number of aromatic nitrogens is 1. The number of nitrogens with zero attached hydrogens (tertiary/aromatic N) is 2. The second kappa shape index (κ2) is 6.07. The number of halogens is 1. The van der Waals surface area contributed by atoms with Gasteiger partial charge in [0.1, 0.15) is 5.82 Å². The average Bonchev–Trinajstić information content (AvgIpc) is 2.35. The number of hydrogen-bond donors (Lipinski definition) is 1. The minimum Gasteiger partial charge on any atom is -0.396 e. The van der Waals surface area contributed by atoms with Crippen LogP contribution in [-0.4, -0.2) is 34.2 Å². The predicted octanol–water partition coefficient (Wildman–Crippen LogP) is 1.96. The molecule has 1 aliphatic heterocycles. The van der Waals surface area contributed by atoms with Gasteiger partial charge in [0.2, 0.25) is 0 Å². The molecule has 1 atom stereocenters. The van der Waals surface area contributed by atoms with Gasteiger partial charge in [-0.3, -0.25) is 9.88 Å². The fourth-order valence-corrected chi connectivity index (χ4v) is 2.45. The van der Waals surface area contributed by atoms with Crippen LogP contribution in [-0.2, 0) is 6.54 Å². The molecule has 1 fully saturated rings. The van der Waals surface area contributed by atoms with Gasteiger partial charge < -0.3 is 5.11 Å². The third-order valence-electron chi connectivity index (χ3n) is 3.37. The van der Waals surface area contributed by atoms with Crippen molar-refractivity contribution in [3.8, 4) is 0 Å². The molecule has 0 aliphatic carbocycles. The van der Waals surface area contributed by atoms with E-state index in [4.69, 9.17) is 5.11 Å². The van der Waals surface area contributed by atoms with E-state index in [1.165, 1.54) is 25.1 Å². The summed E-state index contributed by atoms with van der Waals surface area (Å²) in [5, 5.41) is 9.05. The lowest BCUT2D eigenvalue weighted by molar-refractivity contribution is 0.111. The molecule has 0 saturated carbocycles. The fourth-order valence-electron chi connectivity index (χ4n) is 2.45. The van der Waals surface area contributed by atoms with Crippen LogP contribution in [0.1, 0.15) is 31.4 Å². The highest BCUT2D eigenvalue weighted by Crippen LogP contribution is 2.21. The summed E-state index contributed by atoms with van der Waals surface area (Å²) in [6.07, 6.45) is 5.66. The standard InChI is InChI=1S/C13H19FN2O/c14-11-4-5-12(15-9-11)10-16-7-2-1-3-13(16)6-8-17/h4-5,9,13,17H,1-3,6-8,10H2/t13-/m0/s1. The van der Waals surface area contributed by atoms with Gasteiger partial charge in [-0.15, -0.1) is 0 Å². The first kappa shape index (κ1) is 12.5. The van der Waals surface area contributed by atoms with Crippen LogP contribution in [0.25, 0.3) is 0 Å². The molecule has 2 rings (SSSR count). The van der Waals surface area contributed by atoms with E-state index in [-0.39, 0.29) is 12.4 Å². The highest BCUT2D eigenvalue weighted by Gasteiger charge is 2.22. The van der Waals surface area contributed by atoms with Crippen LogP contribution in [0.3, 0.4) is 0 Å². The molecule has 0 spiro atoms. The Morgan fingerprint density at radius 2 is 2.29 bits per heavy atom. The van der Waals surface area contributed by atoms with Crippen molar-refractivity contribution < 1.29 is 9.50 Å². The van der Waals surface area contributed by atoms with E-state index in [0.29, 0.717) is 6.04 Å². The Bertz CT molecular complexity index is 340. The Morgan fingerprint density at radius 1 is 1.41 bits per heavy atom. The third kappa shape index (κ3) is 3.48. The normalized spacial score (nSPS) is 21.6. The first-order valence-corrected chi connectivity index (χ1v) is 6.25. The minimum atomic E-state index is -0.292. The van der Waals surface area contributed by atoms with Gasteiger partial charge in [-0.05, 0) is 37.9 Å². The third-order valence-corrected chi connectivity index (χ3v) is 3.37. The zero-order valence-electron chi connectivity index (χ0n) is 9.98. The van der Waals surface area contributed by atoms with Gasteiger partial charge >= 0.3 is 0 Å². The number of aliphatic hydroxyl groups is 1. The Kier molecular flexibility index (Phi) is 4.45. The van der Waals surface area contributed by atoms with Crippen molar-refractivity contribution in [3.05, 3.63) is 29.8 Å². The van der Waals surface area contributed by atoms with E-state index in [0.717, 1.165) is 31.6 Å². The SMILES string of the molecule is OCC[C@@H]1CCCCN1Cc1ccc(F)cn1. The number of hydrogen-bond acceptors (Lipinski definition) is 3. The maximum atomic E-state index is 12.8. The molecular weight excluding hydrogens is 219 g/mol. The van der Waals surface area contributed by atoms with Gasteiger partial charge in [0.15, 0.2) is 0 Å². The van der Waals surface area contributed by atoms with Crippen molar-refractivity contribution in [2.24, 2.45) is 0 Å². The number of piperidine rings is 1. The van der Waals surface area contributed by atoms with E-state index in [9.17, 15) is 4.39 Å². The highest BCUT2D eigenvalue weighted by atomic mass is 19.1. The molecule has 0 radical (unpaired) electrons. The molecule has 0 bridgehead atoms. The molecule has 17 heavy (non-hydrogen) atoms. The lowest BCUT2D eigenvalue weighted by Gasteiger charge is -2.35. The molecule has 0 amide bonds. The molecule has 1 aromatic heterocycles. The van der Waals surface area contributed by atoms with Crippen molar-refractivity contribution in [2.75, 3.05) is 13.2 Å². The van der Waals surface area contributed by atoms with Crippen LogP contribution in [0.2, 0.25) is 0 Å². The van der Waals surface area contributed by atoms with Crippen LogP contribution in [0.5, 0.6) is 0 Å². The number of rotatable bonds is 4. The second-order valence-electron chi connectivity index (χ2n) is 4.60. The summed E-state index contributed by atoms with van der Waals surface area (Å²) in [5.41, 5.74) is 0.899. The van der Waals surface area contributed by atoms with E-state index in [1.807, 2.05) is 0 Å². The van der Waals surface area contributed by atoms with Crippen molar-refractivity contribution in [1.82, 2.24) is 9.88 Å². The predicted molar refractivity (Wildman–Crippen MR) is 63.9 cm³/mol. The van der Waals surface area contributed by atoms with E-state index >= 15 is 0 Å². The summed E-state index contributed by atoms with van der Waals surface area (Å²) in [4.78, 5) is 6.43. The van der Waals surface area contributed by atoms with E-state index in [1.54, 1.807) is 6.07 Å². The van der Waals surface area contributed by atoms with Crippen LogP contribution < -0.4 is 0 Å². The molecule has 0 unspecified atom stereocenters. The van der Waals surface area contributed by atoms with Crippen molar-refractivity contribution in [2.45, 2.75) is 38.3 Å². The van der Waals surface area contributed by atoms with Gasteiger partial charge in [0, 0.05) is 19.2 Å². The Labute approximate surface area is 101 Å². The molecular formula is C13H19FN2O. The Morgan fingerprint density at radius 3 is 3.00 bits per heavy atom. The minimum absolute atomic E-state index is 0.234. The topological polar surface area (TPSA) is 36.4 Å². The van der Waals surface area contributed by atoms with E-state index in [2.05, 4.69) is 9.88 Å².